The van der Waals surface area contributed by atoms with Crippen molar-refractivity contribution >= 4 is 17.5 Å². The summed E-state index contributed by atoms with van der Waals surface area (Å²) in [4.78, 5) is 30.8. The van der Waals surface area contributed by atoms with Crippen LogP contribution in [0.15, 0.2) is 72.8 Å². The van der Waals surface area contributed by atoms with E-state index in [2.05, 4.69) is 0 Å². The van der Waals surface area contributed by atoms with Crippen molar-refractivity contribution in [3.63, 3.8) is 0 Å². The van der Waals surface area contributed by atoms with Crippen molar-refractivity contribution in [1.29, 1.82) is 0 Å². The Bertz CT molecular complexity index is 1230. The van der Waals surface area contributed by atoms with Crippen molar-refractivity contribution in [3.05, 3.63) is 83.9 Å². The predicted molar refractivity (Wildman–Crippen MR) is 120 cm³/mol. The van der Waals surface area contributed by atoms with Crippen LogP contribution in [0.2, 0.25) is 0 Å². The van der Waals surface area contributed by atoms with Crippen LogP contribution >= 0.6 is 0 Å². The highest BCUT2D eigenvalue weighted by atomic mass is 16.7. The van der Waals surface area contributed by atoms with Crippen molar-refractivity contribution in [2.24, 2.45) is 0 Å². The van der Waals surface area contributed by atoms with Crippen molar-refractivity contribution in [1.82, 2.24) is 4.90 Å². The Morgan fingerprint density at radius 3 is 2.58 bits per heavy atom. The number of anilines is 1. The molecule has 2 atom stereocenters. The third-order valence-electron chi connectivity index (χ3n) is 6.33. The summed E-state index contributed by atoms with van der Waals surface area (Å²) in [6.45, 7) is 0.880. The van der Waals surface area contributed by atoms with Crippen molar-refractivity contribution in [2.45, 2.75) is 25.1 Å². The molecule has 0 spiro atoms. The number of para-hydroxylation sites is 2. The number of hydrogen-bond acceptors (Lipinski definition) is 5. The highest BCUT2D eigenvalue weighted by Crippen LogP contribution is 2.38. The van der Waals surface area contributed by atoms with Crippen molar-refractivity contribution in [2.75, 3.05) is 18.2 Å². The van der Waals surface area contributed by atoms with Gasteiger partial charge >= 0.3 is 0 Å². The van der Waals surface area contributed by atoms with E-state index in [4.69, 9.17) is 14.2 Å². The molecule has 1 fully saturated rings. The SMILES string of the molecule is O=C1[C@@H]2C[C@@H](CN2C(=O)c2ccc3c(c2)OCO3)Oc2ccccc2N1Cc1ccccc1. The van der Waals surface area contributed by atoms with Crippen LogP contribution < -0.4 is 19.1 Å². The maximum absolute atomic E-state index is 13.9. The van der Waals surface area contributed by atoms with Gasteiger partial charge in [-0.2, -0.15) is 0 Å². The second kappa shape index (κ2) is 7.85. The monoisotopic (exact) mass is 442 g/mol. The third-order valence-corrected chi connectivity index (χ3v) is 6.33. The van der Waals surface area contributed by atoms with Gasteiger partial charge in [-0.1, -0.05) is 42.5 Å². The zero-order valence-electron chi connectivity index (χ0n) is 17.8. The minimum atomic E-state index is -0.606. The van der Waals surface area contributed by atoms with Gasteiger partial charge in [-0.15, -0.1) is 0 Å². The summed E-state index contributed by atoms with van der Waals surface area (Å²) in [5, 5.41) is 0. The van der Waals surface area contributed by atoms with E-state index < -0.39 is 6.04 Å². The summed E-state index contributed by atoms with van der Waals surface area (Å²) in [5.74, 6) is 1.49. The molecule has 166 valence electrons. The lowest BCUT2D eigenvalue weighted by molar-refractivity contribution is -0.122. The molecule has 3 aliphatic rings. The molecule has 3 aromatic carbocycles. The minimum absolute atomic E-state index is 0.105. The van der Waals surface area contributed by atoms with E-state index in [0.29, 0.717) is 42.3 Å². The van der Waals surface area contributed by atoms with E-state index in [-0.39, 0.29) is 24.7 Å². The second-order valence-corrected chi connectivity index (χ2v) is 8.39. The zero-order chi connectivity index (χ0) is 22.4. The van der Waals surface area contributed by atoms with Crippen LogP contribution in [0.1, 0.15) is 22.3 Å². The smallest absolute Gasteiger partial charge is 0.254 e. The highest BCUT2D eigenvalue weighted by Gasteiger charge is 2.45. The molecule has 33 heavy (non-hydrogen) atoms. The maximum Gasteiger partial charge on any atom is 0.254 e. The van der Waals surface area contributed by atoms with Crippen molar-refractivity contribution < 1.29 is 23.8 Å². The Hall–Kier alpha value is -4.00. The molecule has 2 amide bonds. The summed E-state index contributed by atoms with van der Waals surface area (Å²) in [6.07, 6.45) is 0.200. The Morgan fingerprint density at radius 2 is 1.70 bits per heavy atom. The number of carbonyl (C=O) groups is 2. The van der Waals surface area contributed by atoms with Crippen LogP contribution in [-0.4, -0.2) is 42.2 Å². The van der Waals surface area contributed by atoms with Gasteiger partial charge in [0.05, 0.1) is 18.8 Å². The lowest BCUT2D eigenvalue weighted by Crippen LogP contribution is -2.47. The Balaban J connectivity index is 1.35. The van der Waals surface area contributed by atoms with E-state index in [1.165, 1.54) is 0 Å². The Kier molecular flexibility index (Phi) is 4.68. The first kappa shape index (κ1) is 19.7. The number of nitrogens with zero attached hydrogens (tertiary/aromatic N) is 2. The highest BCUT2D eigenvalue weighted by molar-refractivity contribution is 6.04. The van der Waals surface area contributed by atoms with Crippen LogP contribution in [-0.2, 0) is 11.3 Å². The minimum Gasteiger partial charge on any atom is -0.486 e. The summed E-state index contributed by atoms with van der Waals surface area (Å²) in [5.41, 5.74) is 2.19. The zero-order valence-corrected chi connectivity index (χ0v) is 17.8. The van der Waals surface area contributed by atoms with Gasteiger partial charge in [-0.05, 0) is 35.9 Å². The van der Waals surface area contributed by atoms with Gasteiger partial charge in [0, 0.05) is 12.0 Å². The molecule has 7 heteroatoms. The quantitative estimate of drug-likeness (QED) is 0.620. The number of hydrogen-bond donors (Lipinski definition) is 0. The van der Waals surface area contributed by atoms with Crippen molar-refractivity contribution in [3.8, 4) is 17.2 Å². The van der Waals surface area contributed by atoms with E-state index in [0.717, 1.165) is 11.3 Å². The molecule has 0 N–H and O–H groups in total. The van der Waals surface area contributed by atoms with Gasteiger partial charge in [0.2, 0.25) is 12.7 Å². The fraction of sp³-hybridized carbons (Fsp3) is 0.231. The molecule has 3 heterocycles. The molecule has 3 aromatic rings. The number of amides is 2. The molecular formula is C26H22N2O5. The van der Waals surface area contributed by atoms with Gasteiger partial charge in [-0.3, -0.25) is 9.59 Å². The van der Waals surface area contributed by atoms with E-state index in [1.807, 2.05) is 54.6 Å². The molecule has 0 saturated carbocycles. The van der Waals surface area contributed by atoms with Crippen LogP contribution in [0.5, 0.6) is 17.2 Å². The average molecular weight is 442 g/mol. The largest absolute Gasteiger partial charge is 0.486 e. The first-order chi connectivity index (χ1) is 16.2. The lowest BCUT2D eigenvalue weighted by Gasteiger charge is -2.32. The standard InChI is InChI=1S/C26H22N2O5/c29-25(18-10-11-23-24(12-18)32-16-31-23)28-15-19-13-21(28)26(30)27(14-17-6-2-1-3-7-17)20-8-4-5-9-22(20)33-19/h1-12,19,21H,13-16H2/t19-,21-/m0/s1. The predicted octanol–water partition coefficient (Wildman–Crippen LogP) is 3.62. The molecule has 3 aliphatic heterocycles. The normalized spacial score (nSPS) is 20.7. The first-order valence-corrected chi connectivity index (χ1v) is 11.0. The van der Waals surface area contributed by atoms with E-state index in [1.54, 1.807) is 28.0 Å². The number of benzene rings is 3. The fourth-order valence-electron chi connectivity index (χ4n) is 4.72. The Labute approximate surface area is 191 Å². The number of rotatable bonds is 3. The molecule has 6 rings (SSSR count). The number of likely N-dealkylation sites (tertiary alicyclic amines) is 1. The first-order valence-electron chi connectivity index (χ1n) is 11.0. The molecule has 1 saturated heterocycles. The summed E-state index contributed by atoms with van der Waals surface area (Å²) in [7, 11) is 0. The third kappa shape index (κ3) is 3.46. The molecule has 0 unspecified atom stereocenters. The molecule has 7 nitrogen and oxygen atoms in total. The van der Waals surface area contributed by atoms with Gasteiger partial charge in [0.15, 0.2) is 11.5 Å². The second-order valence-electron chi connectivity index (χ2n) is 8.39. The van der Waals surface area contributed by atoms with Crippen LogP contribution in [0.4, 0.5) is 5.69 Å². The van der Waals surface area contributed by atoms with E-state index in [9.17, 15) is 9.59 Å². The Morgan fingerprint density at radius 1 is 0.909 bits per heavy atom. The van der Waals surface area contributed by atoms with Gasteiger partial charge < -0.3 is 24.0 Å². The molecular weight excluding hydrogens is 420 g/mol. The van der Waals surface area contributed by atoms with Gasteiger partial charge in [-0.25, -0.2) is 0 Å². The van der Waals surface area contributed by atoms with Crippen LogP contribution in [0.3, 0.4) is 0 Å². The molecule has 0 radical (unpaired) electrons. The van der Waals surface area contributed by atoms with Gasteiger partial charge in [0.25, 0.3) is 5.91 Å². The number of carbonyl (C=O) groups excluding carboxylic acids is 2. The number of fused-ring (bicyclic) bond motifs is 4. The topological polar surface area (TPSA) is 68.3 Å². The van der Waals surface area contributed by atoms with Gasteiger partial charge in [0.1, 0.15) is 17.9 Å². The number of ether oxygens (including phenoxy) is 3. The summed E-state index contributed by atoms with van der Waals surface area (Å²) in [6, 6.07) is 21.9. The van der Waals surface area contributed by atoms with Crippen LogP contribution in [0.25, 0.3) is 0 Å². The lowest BCUT2D eigenvalue weighted by atomic mass is 10.1. The fourth-order valence-corrected chi connectivity index (χ4v) is 4.72. The maximum atomic E-state index is 13.9. The van der Waals surface area contributed by atoms with E-state index >= 15 is 0 Å². The molecule has 2 bridgehead atoms. The van der Waals surface area contributed by atoms with Crippen LogP contribution in [0, 0.1) is 0 Å². The summed E-state index contributed by atoms with van der Waals surface area (Å²) < 4.78 is 17.1. The summed E-state index contributed by atoms with van der Waals surface area (Å²) >= 11 is 0. The molecule has 0 aliphatic carbocycles. The molecule has 0 aromatic heterocycles. The average Bonchev–Trinajstić information content (AvgIpc) is 3.49.